The van der Waals surface area contributed by atoms with Crippen LogP contribution in [0, 0.1) is 29.6 Å². The Morgan fingerprint density at radius 1 is 1.08 bits per heavy atom. The summed E-state index contributed by atoms with van der Waals surface area (Å²) >= 11 is 0. The Morgan fingerprint density at radius 3 is 2.27 bits per heavy atom. The molecule has 128 valence electrons. The average molecular weight is 341 g/mol. The number of aromatic nitrogens is 1. The molecular weight excluding hydrogens is 322 g/mol. The number of nitrogens with two attached hydrogens (primary N) is 1. The van der Waals surface area contributed by atoms with Gasteiger partial charge in [-0.3, -0.25) is 0 Å². The number of rotatable bonds is 2. The van der Waals surface area contributed by atoms with Crippen molar-refractivity contribution in [2.24, 2.45) is 0 Å². The number of fused-ring (bicyclic) bond motifs is 1. The number of hydrogen-bond donors (Lipinski definition) is 1. The number of hydrogen-bond acceptors (Lipinski definition) is 5. The van der Waals surface area contributed by atoms with Gasteiger partial charge in [-0.25, -0.2) is 4.98 Å². The summed E-state index contributed by atoms with van der Waals surface area (Å²) in [5, 5.41) is 19.0. The molecule has 0 bridgehead atoms. The predicted molar refractivity (Wildman–Crippen MR) is 105 cm³/mol. The molecule has 26 heavy (non-hydrogen) atoms. The molecule has 1 aliphatic carbocycles. The molecule has 0 atom stereocenters. The van der Waals surface area contributed by atoms with Crippen LogP contribution in [0.4, 0.5) is 11.5 Å². The number of allylic oxidation sites excluding steroid dienone is 3. The van der Waals surface area contributed by atoms with Gasteiger partial charge in [0.1, 0.15) is 18.0 Å². The van der Waals surface area contributed by atoms with Gasteiger partial charge in [0.25, 0.3) is 0 Å². The molecule has 0 fully saturated rings. The molecule has 0 unspecified atom stereocenters. The van der Waals surface area contributed by atoms with Gasteiger partial charge in [0.15, 0.2) is 0 Å². The van der Waals surface area contributed by atoms with Crippen molar-refractivity contribution >= 4 is 28.7 Å². The van der Waals surface area contributed by atoms with E-state index >= 15 is 0 Å². The van der Waals surface area contributed by atoms with Crippen LogP contribution in [-0.2, 0) is 0 Å². The van der Waals surface area contributed by atoms with E-state index in [1.165, 1.54) is 0 Å². The van der Waals surface area contributed by atoms with E-state index in [0.717, 1.165) is 33.5 Å². The minimum atomic E-state index is 0.167. The van der Waals surface area contributed by atoms with Crippen LogP contribution in [0.3, 0.4) is 0 Å². The van der Waals surface area contributed by atoms with E-state index in [1.54, 1.807) is 0 Å². The van der Waals surface area contributed by atoms with Crippen molar-refractivity contribution in [2.45, 2.75) is 13.8 Å². The number of nitrogen functional groups attached to an aromatic ring is 1. The maximum atomic E-state index is 9.59. The summed E-state index contributed by atoms with van der Waals surface area (Å²) in [7, 11) is 3.99. The summed E-state index contributed by atoms with van der Waals surface area (Å²) in [5.41, 5.74) is 12.8. The van der Waals surface area contributed by atoms with E-state index in [2.05, 4.69) is 17.1 Å². The Labute approximate surface area is 153 Å². The minimum Gasteiger partial charge on any atom is -0.383 e. The normalized spacial score (nSPS) is 14.2. The molecule has 3 rings (SSSR count). The summed E-state index contributed by atoms with van der Waals surface area (Å²) in [4.78, 5) is 6.38. The number of nitriles is 2. The van der Waals surface area contributed by atoms with Gasteiger partial charge < -0.3 is 10.6 Å². The lowest BCUT2D eigenvalue weighted by Gasteiger charge is -2.13. The van der Waals surface area contributed by atoms with Crippen molar-refractivity contribution in [1.29, 1.82) is 10.5 Å². The Bertz CT molecular complexity index is 1040. The van der Waals surface area contributed by atoms with E-state index < -0.39 is 0 Å². The molecule has 0 saturated heterocycles. The monoisotopic (exact) mass is 341 g/mol. The molecule has 0 saturated carbocycles. The third-order valence-electron chi connectivity index (χ3n) is 4.70. The quantitative estimate of drug-likeness (QED) is 0.898. The molecule has 1 aliphatic rings. The van der Waals surface area contributed by atoms with Gasteiger partial charge in [-0.1, -0.05) is 12.1 Å². The van der Waals surface area contributed by atoms with E-state index in [1.807, 2.05) is 63.2 Å². The lowest BCUT2D eigenvalue weighted by Crippen LogP contribution is -2.07. The fourth-order valence-electron chi connectivity index (χ4n) is 3.23. The first-order chi connectivity index (χ1) is 12.4. The minimum absolute atomic E-state index is 0.167. The van der Waals surface area contributed by atoms with Gasteiger partial charge in [0.2, 0.25) is 0 Å². The second-order valence-electron chi connectivity index (χ2n) is 6.49. The first-order valence-electron chi connectivity index (χ1n) is 8.20. The van der Waals surface area contributed by atoms with E-state index in [9.17, 15) is 10.5 Å². The lowest BCUT2D eigenvalue weighted by atomic mass is 9.95. The summed E-state index contributed by atoms with van der Waals surface area (Å²) < 4.78 is 0. The predicted octanol–water partition coefficient (Wildman–Crippen LogP) is 3.76. The van der Waals surface area contributed by atoms with E-state index in [4.69, 9.17) is 5.73 Å². The fraction of sp³-hybridized carbons (Fsp3) is 0.190. The number of anilines is 2. The van der Waals surface area contributed by atoms with Crippen LogP contribution in [0.1, 0.15) is 34.9 Å². The van der Waals surface area contributed by atoms with Gasteiger partial charge in [0, 0.05) is 25.3 Å². The molecular formula is C21H19N5. The Morgan fingerprint density at radius 2 is 1.73 bits per heavy atom. The number of benzene rings is 1. The number of nitrogens with zero attached hydrogens (tertiary/aromatic N) is 4. The summed E-state index contributed by atoms with van der Waals surface area (Å²) in [6.07, 6.45) is 2.03. The topological polar surface area (TPSA) is 89.7 Å². The molecule has 0 radical (unpaired) electrons. The van der Waals surface area contributed by atoms with E-state index in [-0.39, 0.29) is 5.82 Å². The highest BCUT2D eigenvalue weighted by Crippen LogP contribution is 2.44. The standard InChI is InChI=1S/C21H19N5/c1-12-16(9-14-5-7-15(8-6-14)26(3)4)19-13(2)18(11-23)21(24)25-20(19)17(12)10-22/h5-9H,1-4H3,(H2,24,25)/b16-9+. The van der Waals surface area contributed by atoms with Crippen molar-refractivity contribution in [3.8, 4) is 12.1 Å². The zero-order valence-corrected chi connectivity index (χ0v) is 15.3. The Balaban J connectivity index is 2.23. The lowest BCUT2D eigenvalue weighted by molar-refractivity contribution is 1.13. The van der Waals surface area contributed by atoms with Crippen LogP contribution in [0.5, 0.6) is 0 Å². The molecule has 0 aliphatic heterocycles. The fourth-order valence-corrected chi connectivity index (χ4v) is 3.23. The molecule has 2 aromatic rings. The smallest absolute Gasteiger partial charge is 0.142 e. The molecule has 1 aromatic heterocycles. The van der Waals surface area contributed by atoms with Crippen molar-refractivity contribution in [3.05, 3.63) is 57.8 Å². The highest BCUT2D eigenvalue weighted by atomic mass is 15.1. The van der Waals surface area contributed by atoms with Gasteiger partial charge >= 0.3 is 0 Å². The Kier molecular flexibility index (Phi) is 4.24. The first kappa shape index (κ1) is 17.3. The Hall–Kier alpha value is -3.57. The summed E-state index contributed by atoms with van der Waals surface area (Å²) in [5.74, 6) is 0.167. The van der Waals surface area contributed by atoms with Gasteiger partial charge in [-0.2, -0.15) is 10.5 Å². The summed E-state index contributed by atoms with van der Waals surface area (Å²) in [6, 6.07) is 12.5. The van der Waals surface area contributed by atoms with Gasteiger partial charge in [-0.05, 0) is 54.3 Å². The SMILES string of the molecule is CC1=C(C#N)c2nc(N)c(C#N)c(C)c2/C1=C/c1ccc(N(C)C)cc1. The maximum absolute atomic E-state index is 9.59. The molecule has 0 spiro atoms. The van der Waals surface area contributed by atoms with Crippen molar-refractivity contribution < 1.29 is 0 Å². The third kappa shape index (κ3) is 2.60. The second kappa shape index (κ2) is 6.38. The van der Waals surface area contributed by atoms with Crippen LogP contribution in [-0.4, -0.2) is 19.1 Å². The number of pyridine rings is 1. The van der Waals surface area contributed by atoms with Crippen molar-refractivity contribution in [1.82, 2.24) is 4.98 Å². The van der Waals surface area contributed by atoms with Crippen molar-refractivity contribution in [2.75, 3.05) is 24.7 Å². The van der Waals surface area contributed by atoms with Crippen molar-refractivity contribution in [3.63, 3.8) is 0 Å². The van der Waals surface area contributed by atoms with Crippen LogP contribution < -0.4 is 10.6 Å². The van der Waals surface area contributed by atoms with Crippen LogP contribution in [0.25, 0.3) is 17.2 Å². The highest BCUT2D eigenvalue weighted by Gasteiger charge is 2.29. The largest absolute Gasteiger partial charge is 0.383 e. The van der Waals surface area contributed by atoms with Crippen LogP contribution in [0.15, 0.2) is 29.8 Å². The first-order valence-corrected chi connectivity index (χ1v) is 8.20. The van der Waals surface area contributed by atoms with E-state index in [0.29, 0.717) is 16.8 Å². The molecule has 2 N–H and O–H groups in total. The van der Waals surface area contributed by atoms with Crippen LogP contribution in [0.2, 0.25) is 0 Å². The highest BCUT2D eigenvalue weighted by molar-refractivity contribution is 6.08. The molecule has 0 amide bonds. The second-order valence-corrected chi connectivity index (χ2v) is 6.49. The third-order valence-corrected chi connectivity index (χ3v) is 4.70. The molecule has 5 nitrogen and oxygen atoms in total. The van der Waals surface area contributed by atoms with Crippen LogP contribution >= 0.6 is 0 Å². The zero-order valence-electron chi connectivity index (χ0n) is 15.3. The van der Waals surface area contributed by atoms with Gasteiger partial charge in [-0.15, -0.1) is 0 Å². The molecule has 5 heteroatoms. The summed E-state index contributed by atoms with van der Waals surface area (Å²) in [6.45, 7) is 3.76. The molecule has 1 heterocycles. The van der Waals surface area contributed by atoms with Gasteiger partial charge in [0.05, 0.1) is 16.8 Å². The maximum Gasteiger partial charge on any atom is 0.142 e. The zero-order chi connectivity index (χ0) is 19.0. The average Bonchev–Trinajstić information content (AvgIpc) is 2.87. The molecule has 1 aromatic carbocycles.